The molecule has 0 bridgehead atoms. The zero-order valence-corrected chi connectivity index (χ0v) is 9.47. The van der Waals surface area contributed by atoms with E-state index >= 15 is 0 Å². The minimum Gasteiger partial charge on any atom is -0.330 e. The average molecular weight is 186 g/mol. The van der Waals surface area contributed by atoms with E-state index in [0.29, 0.717) is 5.41 Å². The first kappa shape index (κ1) is 12.9. The Kier molecular flexibility index (Phi) is 6.35. The van der Waals surface area contributed by atoms with Gasteiger partial charge in [0.15, 0.2) is 0 Å². The maximum Gasteiger partial charge on any atom is -0.00722 e. The Balaban J connectivity index is 3.68. The summed E-state index contributed by atoms with van der Waals surface area (Å²) in [7, 11) is 0. The van der Waals surface area contributed by atoms with Gasteiger partial charge in [-0.1, -0.05) is 20.8 Å². The van der Waals surface area contributed by atoms with Crippen LogP contribution in [0.4, 0.5) is 0 Å². The van der Waals surface area contributed by atoms with E-state index in [1.54, 1.807) is 0 Å². The summed E-state index contributed by atoms with van der Waals surface area (Å²) in [6.07, 6.45) is 4.80. The maximum absolute atomic E-state index is 5.57. The fourth-order valence-corrected chi connectivity index (χ4v) is 2.00. The molecule has 2 heteroatoms. The highest BCUT2D eigenvalue weighted by molar-refractivity contribution is 4.72. The van der Waals surface area contributed by atoms with Crippen LogP contribution in [0, 0.1) is 11.3 Å². The lowest BCUT2D eigenvalue weighted by Gasteiger charge is -2.27. The monoisotopic (exact) mass is 186 g/mol. The molecule has 2 nitrogen and oxygen atoms in total. The highest BCUT2D eigenvalue weighted by Crippen LogP contribution is 2.30. The quantitative estimate of drug-likeness (QED) is 0.640. The molecule has 0 spiro atoms. The van der Waals surface area contributed by atoms with E-state index < -0.39 is 0 Å². The van der Waals surface area contributed by atoms with Crippen LogP contribution in [-0.4, -0.2) is 13.1 Å². The molecule has 0 saturated heterocycles. The Morgan fingerprint density at radius 2 is 1.77 bits per heavy atom. The molecule has 0 aliphatic carbocycles. The third-order valence-corrected chi connectivity index (χ3v) is 2.62. The first-order valence-corrected chi connectivity index (χ1v) is 5.42. The highest BCUT2D eigenvalue weighted by atomic mass is 14.5. The Hall–Kier alpha value is -0.0800. The second-order valence-corrected chi connectivity index (χ2v) is 4.94. The fraction of sp³-hybridized carbons (Fsp3) is 1.00. The summed E-state index contributed by atoms with van der Waals surface area (Å²) in [6.45, 7) is 8.55. The predicted octanol–water partition coefficient (Wildman–Crippen LogP) is 2.13. The van der Waals surface area contributed by atoms with Crippen LogP contribution in [0.15, 0.2) is 0 Å². The SMILES string of the molecule is CC(CCCN)CC(C)(C)CCN. The Bertz CT molecular complexity index is 121. The highest BCUT2D eigenvalue weighted by Gasteiger charge is 2.19. The van der Waals surface area contributed by atoms with E-state index in [-0.39, 0.29) is 0 Å². The molecule has 1 unspecified atom stereocenters. The molecule has 0 aromatic heterocycles. The minimum atomic E-state index is 0.406. The molecule has 4 N–H and O–H groups in total. The Morgan fingerprint density at radius 1 is 1.15 bits per heavy atom. The van der Waals surface area contributed by atoms with Crippen LogP contribution in [0.1, 0.15) is 46.5 Å². The van der Waals surface area contributed by atoms with E-state index in [0.717, 1.165) is 31.8 Å². The molecule has 0 amide bonds. The third-order valence-electron chi connectivity index (χ3n) is 2.62. The second kappa shape index (κ2) is 6.39. The number of hydrogen-bond acceptors (Lipinski definition) is 2. The molecule has 1 atom stereocenters. The molecule has 0 aromatic rings. The largest absolute Gasteiger partial charge is 0.330 e. The topological polar surface area (TPSA) is 52.0 Å². The molecule has 0 radical (unpaired) electrons. The molecule has 0 saturated carbocycles. The summed E-state index contributed by atoms with van der Waals surface area (Å²) < 4.78 is 0. The summed E-state index contributed by atoms with van der Waals surface area (Å²) in [6, 6.07) is 0. The molecular weight excluding hydrogens is 160 g/mol. The molecule has 13 heavy (non-hydrogen) atoms. The van der Waals surface area contributed by atoms with Gasteiger partial charge in [-0.25, -0.2) is 0 Å². The van der Waals surface area contributed by atoms with Crippen molar-refractivity contribution < 1.29 is 0 Å². The van der Waals surface area contributed by atoms with Crippen LogP contribution in [0.25, 0.3) is 0 Å². The third kappa shape index (κ3) is 7.03. The maximum atomic E-state index is 5.57. The molecule has 0 rings (SSSR count). The Morgan fingerprint density at radius 3 is 2.23 bits per heavy atom. The van der Waals surface area contributed by atoms with Crippen molar-refractivity contribution in [2.45, 2.75) is 46.5 Å². The van der Waals surface area contributed by atoms with E-state index in [1.807, 2.05) is 0 Å². The van der Waals surface area contributed by atoms with Gasteiger partial charge in [0.05, 0.1) is 0 Å². The van der Waals surface area contributed by atoms with Crippen molar-refractivity contribution >= 4 is 0 Å². The molecule has 0 fully saturated rings. The standard InChI is InChI=1S/C11H26N2/c1-10(5-4-7-12)9-11(2,3)6-8-13/h10H,4-9,12-13H2,1-3H3. The minimum absolute atomic E-state index is 0.406. The van der Waals surface area contributed by atoms with Gasteiger partial charge in [-0.3, -0.25) is 0 Å². The summed E-state index contributed by atoms with van der Waals surface area (Å²) in [5, 5.41) is 0. The van der Waals surface area contributed by atoms with Crippen molar-refractivity contribution in [2.24, 2.45) is 22.8 Å². The summed E-state index contributed by atoms with van der Waals surface area (Å²) in [5.41, 5.74) is 11.5. The van der Waals surface area contributed by atoms with E-state index in [4.69, 9.17) is 11.5 Å². The van der Waals surface area contributed by atoms with Crippen LogP contribution in [0.3, 0.4) is 0 Å². The fourth-order valence-electron chi connectivity index (χ4n) is 2.00. The number of hydrogen-bond donors (Lipinski definition) is 2. The van der Waals surface area contributed by atoms with Crippen molar-refractivity contribution in [3.8, 4) is 0 Å². The van der Waals surface area contributed by atoms with Gasteiger partial charge in [0, 0.05) is 0 Å². The molecule has 0 aliphatic heterocycles. The van der Waals surface area contributed by atoms with Crippen LogP contribution >= 0.6 is 0 Å². The van der Waals surface area contributed by atoms with Gasteiger partial charge in [-0.05, 0) is 50.1 Å². The van der Waals surface area contributed by atoms with Crippen molar-refractivity contribution in [1.29, 1.82) is 0 Å². The molecule has 0 heterocycles. The van der Waals surface area contributed by atoms with Crippen molar-refractivity contribution in [3.05, 3.63) is 0 Å². The van der Waals surface area contributed by atoms with Gasteiger partial charge >= 0.3 is 0 Å². The van der Waals surface area contributed by atoms with Crippen molar-refractivity contribution in [2.75, 3.05) is 13.1 Å². The smallest absolute Gasteiger partial charge is 0.00722 e. The molecule has 0 aromatic carbocycles. The summed E-state index contributed by atoms with van der Waals surface area (Å²) >= 11 is 0. The normalized spacial score (nSPS) is 14.5. The van der Waals surface area contributed by atoms with Gasteiger partial charge in [-0.15, -0.1) is 0 Å². The first-order chi connectivity index (χ1) is 6.02. The number of rotatable bonds is 7. The van der Waals surface area contributed by atoms with Gasteiger partial charge in [0.2, 0.25) is 0 Å². The zero-order chi connectivity index (χ0) is 10.3. The van der Waals surface area contributed by atoms with Gasteiger partial charge in [0.1, 0.15) is 0 Å². The van der Waals surface area contributed by atoms with Crippen molar-refractivity contribution in [1.82, 2.24) is 0 Å². The lowest BCUT2D eigenvalue weighted by atomic mass is 9.79. The summed E-state index contributed by atoms with van der Waals surface area (Å²) in [5.74, 6) is 0.782. The lowest BCUT2D eigenvalue weighted by Crippen LogP contribution is -2.20. The van der Waals surface area contributed by atoms with Crippen LogP contribution in [0.5, 0.6) is 0 Å². The van der Waals surface area contributed by atoms with Gasteiger partial charge < -0.3 is 11.5 Å². The Labute approximate surface area is 83.1 Å². The molecule has 0 aliphatic rings. The molecule has 80 valence electrons. The first-order valence-electron chi connectivity index (χ1n) is 5.42. The van der Waals surface area contributed by atoms with Crippen LogP contribution in [0.2, 0.25) is 0 Å². The van der Waals surface area contributed by atoms with E-state index in [2.05, 4.69) is 20.8 Å². The van der Waals surface area contributed by atoms with Gasteiger partial charge in [0.25, 0.3) is 0 Å². The second-order valence-electron chi connectivity index (χ2n) is 4.94. The van der Waals surface area contributed by atoms with E-state index in [9.17, 15) is 0 Å². The predicted molar refractivity (Wildman–Crippen MR) is 59.5 cm³/mol. The van der Waals surface area contributed by atoms with Crippen LogP contribution < -0.4 is 11.5 Å². The average Bonchev–Trinajstić information content (AvgIpc) is 1.99. The molecular formula is C11H26N2. The van der Waals surface area contributed by atoms with Gasteiger partial charge in [-0.2, -0.15) is 0 Å². The van der Waals surface area contributed by atoms with Crippen LogP contribution in [-0.2, 0) is 0 Å². The van der Waals surface area contributed by atoms with Crippen molar-refractivity contribution in [3.63, 3.8) is 0 Å². The summed E-state index contributed by atoms with van der Waals surface area (Å²) in [4.78, 5) is 0. The zero-order valence-electron chi connectivity index (χ0n) is 9.47. The number of nitrogens with two attached hydrogens (primary N) is 2. The lowest BCUT2D eigenvalue weighted by molar-refractivity contribution is 0.252. The van der Waals surface area contributed by atoms with E-state index in [1.165, 1.54) is 12.8 Å².